The molecule has 0 radical (unpaired) electrons. The van der Waals surface area contributed by atoms with Crippen LogP contribution in [0.1, 0.15) is 117 Å². The van der Waals surface area contributed by atoms with E-state index in [-0.39, 0.29) is 25.6 Å². The van der Waals surface area contributed by atoms with Gasteiger partial charge in [-0.1, -0.05) is 132 Å². The van der Waals surface area contributed by atoms with Gasteiger partial charge < -0.3 is 19.7 Å². The Morgan fingerprint density at radius 1 is 0.721 bits per heavy atom. The molecule has 0 rings (SSSR count). The molecular weight excluding hydrogens is 540 g/mol. The van der Waals surface area contributed by atoms with Crippen LogP contribution in [-0.4, -0.2) is 47.6 Å². The van der Waals surface area contributed by atoms with E-state index in [2.05, 4.69) is 51.2 Å². The van der Waals surface area contributed by atoms with E-state index in [9.17, 15) is 19.8 Å². The summed E-state index contributed by atoms with van der Waals surface area (Å²) in [6, 6.07) is 0. The van der Waals surface area contributed by atoms with Gasteiger partial charge in [-0.15, -0.1) is 0 Å². The first kappa shape index (κ1) is 40.3. The van der Waals surface area contributed by atoms with Gasteiger partial charge in [0.15, 0.2) is 6.10 Å². The molecule has 0 aliphatic heterocycles. The lowest BCUT2D eigenvalue weighted by Gasteiger charge is -2.15. The fourth-order valence-corrected chi connectivity index (χ4v) is 4.02. The zero-order valence-corrected chi connectivity index (χ0v) is 27.2. The average molecular weight is 601 g/mol. The number of carbonyl (C=O) groups is 2. The zero-order chi connectivity index (χ0) is 31.8. The van der Waals surface area contributed by atoms with E-state index in [0.29, 0.717) is 19.3 Å². The highest BCUT2D eigenvalue weighted by Gasteiger charge is 2.15. The van der Waals surface area contributed by atoms with E-state index in [1.165, 1.54) is 25.7 Å². The van der Waals surface area contributed by atoms with Crippen molar-refractivity contribution in [2.24, 2.45) is 5.92 Å². The summed E-state index contributed by atoms with van der Waals surface area (Å²) in [5.41, 5.74) is 0. The monoisotopic (exact) mass is 600 g/mol. The van der Waals surface area contributed by atoms with Gasteiger partial charge in [0.05, 0.1) is 12.7 Å². The van der Waals surface area contributed by atoms with Crippen LogP contribution in [0.3, 0.4) is 0 Å². The fourth-order valence-electron chi connectivity index (χ4n) is 4.02. The average Bonchev–Trinajstić information content (AvgIpc) is 2.98. The maximum Gasteiger partial charge on any atom is 0.306 e. The number of hydrogen-bond acceptors (Lipinski definition) is 6. The Bertz CT molecular complexity index is 849. The molecule has 6 nitrogen and oxygen atoms in total. The van der Waals surface area contributed by atoms with E-state index >= 15 is 0 Å². The molecule has 2 atom stereocenters. The van der Waals surface area contributed by atoms with E-state index in [1.54, 1.807) is 6.08 Å². The Hall–Kier alpha value is -2.70. The largest absolute Gasteiger partial charge is 0.462 e. The minimum atomic E-state index is -0.828. The number of rotatable bonds is 27. The second-order valence-electron chi connectivity index (χ2n) is 11.2. The topological polar surface area (TPSA) is 93.1 Å². The molecule has 0 spiro atoms. The molecule has 0 aromatic carbocycles. The highest BCUT2D eigenvalue weighted by atomic mass is 16.6. The number of unbranched alkanes of at least 4 members (excludes halogenated alkanes) is 5. The molecule has 43 heavy (non-hydrogen) atoms. The minimum absolute atomic E-state index is 0.115. The van der Waals surface area contributed by atoms with Gasteiger partial charge in [0.1, 0.15) is 6.61 Å². The van der Waals surface area contributed by atoms with Crippen LogP contribution in [-0.2, 0) is 19.1 Å². The second kappa shape index (κ2) is 30.7. The SMILES string of the molecule is CC/C=C\C/C=C\CC(O)/C=C/C=C\C/C=C\C/C=C\CCC(=O)O[C@@H](CO)COC(=O)CCCCCCCCC(C)C. The van der Waals surface area contributed by atoms with Crippen molar-refractivity contribution < 1.29 is 29.3 Å². The summed E-state index contributed by atoms with van der Waals surface area (Å²) < 4.78 is 10.4. The predicted molar refractivity (Wildman–Crippen MR) is 179 cm³/mol. The van der Waals surface area contributed by atoms with Gasteiger partial charge in [0.2, 0.25) is 0 Å². The van der Waals surface area contributed by atoms with Gasteiger partial charge in [-0.2, -0.15) is 0 Å². The molecule has 0 amide bonds. The van der Waals surface area contributed by atoms with E-state index in [1.807, 2.05) is 36.5 Å². The van der Waals surface area contributed by atoms with Crippen molar-refractivity contribution in [3.05, 3.63) is 72.9 Å². The van der Waals surface area contributed by atoms with E-state index in [0.717, 1.165) is 50.9 Å². The van der Waals surface area contributed by atoms with Gasteiger partial charge >= 0.3 is 11.9 Å². The Labute approximate surface area is 262 Å². The molecule has 0 aromatic rings. The van der Waals surface area contributed by atoms with Gasteiger partial charge in [0, 0.05) is 12.8 Å². The first-order valence-corrected chi connectivity index (χ1v) is 16.5. The van der Waals surface area contributed by atoms with Crippen molar-refractivity contribution in [1.82, 2.24) is 0 Å². The molecule has 2 N–H and O–H groups in total. The van der Waals surface area contributed by atoms with E-state index < -0.39 is 18.2 Å². The lowest BCUT2D eigenvalue weighted by molar-refractivity contribution is -0.161. The first-order chi connectivity index (χ1) is 20.9. The fraction of sp³-hybridized carbons (Fsp3) is 0.622. The maximum atomic E-state index is 12.1. The molecule has 0 bridgehead atoms. The zero-order valence-electron chi connectivity index (χ0n) is 27.2. The second-order valence-corrected chi connectivity index (χ2v) is 11.2. The third-order valence-electron chi connectivity index (χ3n) is 6.54. The number of carbonyl (C=O) groups excluding carboxylic acids is 2. The van der Waals surface area contributed by atoms with Crippen molar-refractivity contribution in [3.63, 3.8) is 0 Å². The number of ether oxygens (including phenoxy) is 2. The molecule has 1 unspecified atom stereocenters. The first-order valence-electron chi connectivity index (χ1n) is 16.5. The van der Waals surface area contributed by atoms with Crippen molar-refractivity contribution in [3.8, 4) is 0 Å². The number of aliphatic hydroxyl groups excluding tert-OH is 2. The Morgan fingerprint density at radius 2 is 1.35 bits per heavy atom. The van der Waals surface area contributed by atoms with E-state index in [4.69, 9.17) is 9.47 Å². The Kier molecular flexibility index (Phi) is 28.8. The summed E-state index contributed by atoms with van der Waals surface area (Å²) in [4.78, 5) is 24.0. The lowest BCUT2D eigenvalue weighted by atomic mass is 10.0. The van der Waals surface area contributed by atoms with Crippen LogP contribution in [0.25, 0.3) is 0 Å². The Balaban J connectivity index is 3.88. The van der Waals surface area contributed by atoms with Crippen LogP contribution in [0.2, 0.25) is 0 Å². The molecule has 0 aliphatic carbocycles. The summed E-state index contributed by atoms with van der Waals surface area (Å²) in [6.45, 7) is 6.11. The normalized spacial score (nSPS) is 14.0. The van der Waals surface area contributed by atoms with Crippen molar-refractivity contribution >= 4 is 11.9 Å². The number of aliphatic hydroxyl groups is 2. The van der Waals surface area contributed by atoms with Crippen molar-refractivity contribution in [1.29, 1.82) is 0 Å². The van der Waals surface area contributed by atoms with Crippen LogP contribution < -0.4 is 0 Å². The number of allylic oxidation sites excluding steroid dienone is 10. The molecule has 0 saturated heterocycles. The molecule has 6 heteroatoms. The van der Waals surface area contributed by atoms with Crippen LogP contribution in [0, 0.1) is 5.92 Å². The van der Waals surface area contributed by atoms with Crippen LogP contribution in [0.5, 0.6) is 0 Å². The quantitative estimate of drug-likeness (QED) is 0.0424. The predicted octanol–water partition coefficient (Wildman–Crippen LogP) is 8.66. The standard InChI is InChI=1S/C37H60O6/c1-4-5-6-7-17-22-27-34(39)28-23-18-12-10-8-9-11-13-20-25-30-37(41)43-35(31-38)32-42-36(40)29-24-19-15-14-16-21-26-33(2)3/h5-6,8-9,12-13,17-18,20,22-23,28,33-35,38-39H,4,7,10-11,14-16,19,21,24-27,29-32H2,1-3H3/b6-5-,9-8-,18-12-,20-13-,22-17-,28-23+/t34?,35-/m0/s1. The maximum absolute atomic E-state index is 12.1. The molecule has 0 fully saturated rings. The Morgan fingerprint density at radius 3 is 2.05 bits per heavy atom. The molecule has 0 saturated carbocycles. The number of hydrogen-bond donors (Lipinski definition) is 2. The summed E-state index contributed by atoms with van der Waals surface area (Å²) in [5, 5.41) is 19.4. The van der Waals surface area contributed by atoms with Gasteiger partial charge in [0.25, 0.3) is 0 Å². The molecule has 0 aliphatic rings. The summed E-state index contributed by atoms with van der Waals surface area (Å²) in [6.07, 6.45) is 35.8. The molecular formula is C37H60O6. The van der Waals surface area contributed by atoms with Gasteiger partial charge in [-0.25, -0.2) is 0 Å². The summed E-state index contributed by atoms with van der Waals surface area (Å²) in [5.74, 6) is 0.0282. The minimum Gasteiger partial charge on any atom is -0.462 e. The third-order valence-corrected chi connectivity index (χ3v) is 6.54. The van der Waals surface area contributed by atoms with Crippen LogP contribution in [0.4, 0.5) is 0 Å². The molecule has 244 valence electrons. The smallest absolute Gasteiger partial charge is 0.306 e. The molecule has 0 heterocycles. The van der Waals surface area contributed by atoms with Crippen molar-refractivity contribution in [2.75, 3.05) is 13.2 Å². The summed E-state index contributed by atoms with van der Waals surface area (Å²) in [7, 11) is 0. The van der Waals surface area contributed by atoms with Gasteiger partial charge in [-0.3, -0.25) is 9.59 Å². The lowest BCUT2D eigenvalue weighted by Crippen LogP contribution is -2.28. The van der Waals surface area contributed by atoms with Crippen LogP contribution >= 0.6 is 0 Å². The number of esters is 2. The van der Waals surface area contributed by atoms with Crippen LogP contribution in [0.15, 0.2) is 72.9 Å². The molecule has 0 aromatic heterocycles. The third kappa shape index (κ3) is 30.6. The summed E-state index contributed by atoms with van der Waals surface area (Å²) >= 11 is 0. The highest BCUT2D eigenvalue weighted by Crippen LogP contribution is 2.12. The van der Waals surface area contributed by atoms with Crippen molar-refractivity contribution in [2.45, 2.75) is 129 Å². The highest BCUT2D eigenvalue weighted by molar-refractivity contribution is 5.70. The van der Waals surface area contributed by atoms with Gasteiger partial charge in [-0.05, 0) is 50.9 Å².